The van der Waals surface area contributed by atoms with Crippen molar-refractivity contribution in [1.82, 2.24) is 15.6 Å². The van der Waals surface area contributed by atoms with Gasteiger partial charge in [0.1, 0.15) is 5.01 Å². The minimum Gasteiger partial charge on any atom is -0.310 e. The van der Waals surface area contributed by atoms with Crippen molar-refractivity contribution in [3.05, 3.63) is 16.6 Å². The van der Waals surface area contributed by atoms with Crippen LogP contribution in [0.2, 0.25) is 0 Å². The van der Waals surface area contributed by atoms with Crippen LogP contribution in [0.3, 0.4) is 0 Å². The number of hydrogen-bond donors (Lipinski definition) is 2. The average molecular weight is 279 g/mol. The van der Waals surface area contributed by atoms with Gasteiger partial charge in [0.05, 0.1) is 5.54 Å². The van der Waals surface area contributed by atoms with E-state index in [0.717, 1.165) is 18.5 Å². The summed E-state index contributed by atoms with van der Waals surface area (Å²) < 4.78 is 0. The maximum absolute atomic E-state index is 4.44. The lowest BCUT2D eigenvalue weighted by atomic mass is 9.85. The zero-order valence-corrected chi connectivity index (χ0v) is 12.8. The highest BCUT2D eigenvalue weighted by atomic mass is 32.1. The zero-order valence-electron chi connectivity index (χ0n) is 12.0. The van der Waals surface area contributed by atoms with E-state index in [0.29, 0.717) is 6.04 Å². The SMILES string of the molecule is CC(C)(NCC1CC2CCCCC2N1)c1nccs1. The first kappa shape index (κ1) is 13.5. The first-order valence-electron chi connectivity index (χ1n) is 7.56. The Bertz CT molecular complexity index is 388. The molecule has 3 unspecified atom stereocenters. The normalized spacial score (nSPS) is 31.4. The van der Waals surface area contributed by atoms with Gasteiger partial charge < -0.3 is 10.6 Å². The average Bonchev–Trinajstić information content (AvgIpc) is 3.05. The molecule has 0 radical (unpaired) electrons. The first-order valence-corrected chi connectivity index (χ1v) is 8.44. The van der Waals surface area contributed by atoms with Gasteiger partial charge in [-0.25, -0.2) is 4.98 Å². The molecule has 2 fully saturated rings. The van der Waals surface area contributed by atoms with Crippen LogP contribution in [0.4, 0.5) is 0 Å². The molecule has 2 heterocycles. The molecule has 3 atom stereocenters. The minimum atomic E-state index is -0.0103. The predicted octanol–water partition coefficient (Wildman–Crippen LogP) is 2.89. The molecule has 2 aliphatic rings. The van der Waals surface area contributed by atoms with Gasteiger partial charge >= 0.3 is 0 Å². The summed E-state index contributed by atoms with van der Waals surface area (Å²) in [5.41, 5.74) is -0.0103. The highest BCUT2D eigenvalue weighted by Crippen LogP contribution is 2.33. The van der Waals surface area contributed by atoms with Crippen LogP contribution in [0.15, 0.2) is 11.6 Å². The molecule has 0 spiro atoms. The van der Waals surface area contributed by atoms with E-state index in [-0.39, 0.29) is 5.54 Å². The van der Waals surface area contributed by atoms with E-state index in [2.05, 4.69) is 34.8 Å². The van der Waals surface area contributed by atoms with Gasteiger partial charge in [0.15, 0.2) is 0 Å². The van der Waals surface area contributed by atoms with Gasteiger partial charge in [-0.1, -0.05) is 12.8 Å². The molecular formula is C15H25N3S. The smallest absolute Gasteiger partial charge is 0.112 e. The third kappa shape index (κ3) is 3.01. The number of thiazole rings is 1. The topological polar surface area (TPSA) is 37.0 Å². The summed E-state index contributed by atoms with van der Waals surface area (Å²) in [7, 11) is 0. The molecule has 1 saturated heterocycles. The van der Waals surface area contributed by atoms with E-state index >= 15 is 0 Å². The van der Waals surface area contributed by atoms with Crippen LogP contribution in [-0.4, -0.2) is 23.6 Å². The molecule has 2 N–H and O–H groups in total. The van der Waals surface area contributed by atoms with Crippen LogP contribution >= 0.6 is 11.3 Å². The molecule has 3 rings (SSSR count). The van der Waals surface area contributed by atoms with E-state index in [9.17, 15) is 0 Å². The number of fused-ring (bicyclic) bond motifs is 1. The third-order valence-corrected chi connectivity index (χ3v) is 5.80. The molecule has 19 heavy (non-hydrogen) atoms. The second kappa shape index (κ2) is 5.51. The molecule has 106 valence electrons. The van der Waals surface area contributed by atoms with Crippen molar-refractivity contribution in [2.45, 2.75) is 63.6 Å². The van der Waals surface area contributed by atoms with E-state index < -0.39 is 0 Å². The van der Waals surface area contributed by atoms with Gasteiger partial charge in [-0.15, -0.1) is 11.3 Å². The Kier molecular flexibility index (Phi) is 3.92. The number of nitrogens with zero attached hydrogens (tertiary/aromatic N) is 1. The molecule has 0 amide bonds. The van der Waals surface area contributed by atoms with Crippen LogP contribution in [-0.2, 0) is 5.54 Å². The second-order valence-electron chi connectivity index (χ2n) is 6.59. The molecule has 0 bridgehead atoms. The van der Waals surface area contributed by atoms with Crippen LogP contribution in [0.1, 0.15) is 51.0 Å². The fourth-order valence-corrected chi connectivity index (χ4v) is 4.31. The van der Waals surface area contributed by atoms with Crippen molar-refractivity contribution >= 4 is 11.3 Å². The molecule has 4 heteroatoms. The summed E-state index contributed by atoms with van der Waals surface area (Å²) in [6.07, 6.45) is 8.92. The van der Waals surface area contributed by atoms with Crippen molar-refractivity contribution in [3.8, 4) is 0 Å². The Balaban J connectivity index is 1.53. The number of hydrogen-bond acceptors (Lipinski definition) is 4. The second-order valence-corrected chi connectivity index (χ2v) is 7.49. The maximum Gasteiger partial charge on any atom is 0.112 e. The summed E-state index contributed by atoms with van der Waals surface area (Å²) >= 11 is 1.74. The summed E-state index contributed by atoms with van der Waals surface area (Å²) in [6, 6.07) is 1.44. The molecule has 1 saturated carbocycles. The highest BCUT2D eigenvalue weighted by Gasteiger charge is 2.35. The van der Waals surface area contributed by atoms with Crippen molar-refractivity contribution < 1.29 is 0 Å². The fraction of sp³-hybridized carbons (Fsp3) is 0.800. The van der Waals surface area contributed by atoms with Crippen LogP contribution in [0.5, 0.6) is 0 Å². The van der Waals surface area contributed by atoms with E-state index in [1.807, 2.05) is 6.20 Å². The summed E-state index contributed by atoms with van der Waals surface area (Å²) in [4.78, 5) is 4.44. The molecule has 1 aliphatic heterocycles. The van der Waals surface area contributed by atoms with E-state index in [1.54, 1.807) is 11.3 Å². The third-order valence-electron chi connectivity index (χ3n) is 4.70. The summed E-state index contributed by atoms with van der Waals surface area (Å²) in [6.45, 7) is 5.52. The van der Waals surface area contributed by atoms with E-state index in [4.69, 9.17) is 0 Å². The van der Waals surface area contributed by atoms with Crippen LogP contribution in [0, 0.1) is 5.92 Å². The van der Waals surface area contributed by atoms with Gasteiger partial charge in [-0.05, 0) is 39.0 Å². The summed E-state index contributed by atoms with van der Waals surface area (Å²) in [5.74, 6) is 0.934. The molecule has 1 aromatic heterocycles. The largest absolute Gasteiger partial charge is 0.310 e. The van der Waals surface area contributed by atoms with Crippen molar-refractivity contribution in [2.75, 3.05) is 6.54 Å². The molecule has 0 aromatic carbocycles. The van der Waals surface area contributed by atoms with Crippen molar-refractivity contribution in [3.63, 3.8) is 0 Å². The first-order chi connectivity index (χ1) is 9.15. The van der Waals surface area contributed by atoms with Crippen molar-refractivity contribution in [2.24, 2.45) is 5.92 Å². The predicted molar refractivity (Wildman–Crippen MR) is 80.4 cm³/mol. The van der Waals surface area contributed by atoms with E-state index in [1.165, 1.54) is 37.1 Å². The highest BCUT2D eigenvalue weighted by molar-refractivity contribution is 7.09. The lowest BCUT2D eigenvalue weighted by Crippen LogP contribution is -2.45. The van der Waals surface area contributed by atoms with Crippen LogP contribution in [0.25, 0.3) is 0 Å². The molecule has 1 aliphatic carbocycles. The van der Waals surface area contributed by atoms with Gasteiger partial charge in [-0.3, -0.25) is 0 Å². The van der Waals surface area contributed by atoms with Gasteiger partial charge in [0.2, 0.25) is 0 Å². The standard InChI is InChI=1S/C15H25N3S/c1-15(2,14-16-7-8-19-14)17-10-12-9-11-5-3-4-6-13(11)18-12/h7-8,11-13,17-18H,3-6,9-10H2,1-2H3. The lowest BCUT2D eigenvalue weighted by molar-refractivity contribution is 0.325. The lowest BCUT2D eigenvalue weighted by Gasteiger charge is -2.26. The Morgan fingerprint density at radius 3 is 3.00 bits per heavy atom. The summed E-state index contributed by atoms with van der Waals surface area (Å²) in [5, 5.41) is 10.8. The van der Waals surface area contributed by atoms with Crippen LogP contribution < -0.4 is 10.6 Å². The minimum absolute atomic E-state index is 0.0103. The number of nitrogens with one attached hydrogen (secondary N) is 2. The Hall–Kier alpha value is -0.450. The Labute approximate surface area is 120 Å². The Morgan fingerprint density at radius 2 is 2.26 bits per heavy atom. The molecule has 1 aromatic rings. The zero-order chi connectivity index (χ0) is 13.3. The van der Waals surface area contributed by atoms with Gasteiger partial charge in [0.25, 0.3) is 0 Å². The number of rotatable bonds is 4. The molecule has 3 nitrogen and oxygen atoms in total. The Morgan fingerprint density at radius 1 is 1.42 bits per heavy atom. The van der Waals surface area contributed by atoms with Gasteiger partial charge in [0, 0.05) is 30.2 Å². The fourth-order valence-electron chi connectivity index (χ4n) is 3.57. The monoisotopic (exact) mass is 279 g/mol. The number of aromatic nitrogens is 1. The quantitative estimate of drug-likeness (QED) is 0.890. The molecular weight excluding hydrogens is 254 g/mol. The van der Waals surface area contributed by atoms with Gasteiger partial charge in [-0.2, -0.15) is 0 Å². The maximum atomic E-state index is 4.44. The van der Waals surface area contributed by atoms with Crippen molar-refractivity contribution in [1.29, 1.82) is 0 Å².